The van der Waals surface area contributed by atoms with Crippen molar-refractivity contribution in [2.45, 2.75) is 6.92 Å². The lowest BCUT2D eigenvalue weighted by atomic mass is 10.1. The standard InChI is InChI=1S/C13H10N4O2/c1-5-2-9-6(3-8(5)18)10-11(15)7(4-14)12(16)17-13(10)19-9/h2-3,18H,1H3,(H4,15,16,17). The molecule has 0 aliphatic rings. The molecule has 0 fully saturated rings. The fourth-order valence-electron chi connectivity index (χ4n) is 2.11. The van der Waals surface area contributed by atoms with Crippen molar-refractivity contribution in [3.05, 3.63) is 23.3 Å². The first-order valence-corrected chi connectivity index (χ1v) is 5.53. The van der Waals surface area contributed by atoms with Crippen molar-refractivity contribution in [2.24, 2.45) is 0 Å². The van der Waals surface area contributed by atoms with Crippen molar-refractivity contribution < 1.29 is 9.52 Å². The number of nitrogens with two attached hydrogens (primary N) is 2. The average molecular weight is 254 g/mol. The molecule has 3 rings (SSSR count). The van der Waals surface area contributed by atoms with E-state index in [0.717, 1.165) is 0 Å². The van der Waals surface area contributed by atoms with Gasteiger partial charge in [-0.05, 0) is 24.6 Å². The molecule has 19 heavy (non-hydrogen) atoms. The Bertz CT molecular complexity index is 874. The highest BCUT2D eigenvalue weighted by molar-refractivity contribution is 6.12. The Kier molecular flexibility index (Phi) is 2.07. The fraction of sp³-hybridized carbons (Fsp3) is 0.0769. The second-order valence-electron chi connectivity index (χ2n) is 4.31. The van der Waals surface area contributed by atoms with Crippen LogP contribution in [-0.2, 0) is 0 Å². The zero-order valence-corrected chi connectivity index (χ0v) is 10.1. The molecule has 0 bridgehead atoms. The predicted molar refractivity (Wildman–Crippen MR) is 71.5 cm³/mol. The van der Waals surface area contributed by atoms with Crippen LogP contribution in [0.4, 0.5) is 11.5 Å². The maximum absolute atomic E-state index is 9.77. The van der Waals surface area contributed by atoms with E-state index in [1.165, 1.54) is 0 Å². The molecule has 6 heteroatoms. The molecule has 0 saturated carbocycles. The fourth-order valence-corrected chi connectivity index (χ4v) is 2.11. The first-order valence-electron chi connectivity index (χ1n) is 5.53. The molecule has 2 heterocycles. The smallest absolute Gasteiger partial charge is 0.231 e. The summed E-state index contributed by atoms with van der Waals surface area (Å²) >= 11 is 0. The van der Waals surface area contributed by atoms with Crippen molar-refractivity contribution in [3.63, 3.8) is 0 Å². The Balaban J connectivity index is 2.58. The lowest BCUT2D eigenvalue weighted by Crippen LogP contribution is -2.00. The summed E-state index contributed by atoms with van der Waals surface area (Å²) in [7, 11) is 0. The highest BCUT2D eigenvalue weighted by Gasteiger charge is 2.18. The molecule has 6 nitrogen and oxygen atoms in total. The van der Waals surface area contributed by atoms with Crippen molar-refractivity contribution in [3.8, 4) is 11.8 Å². The molecule has 5 N–H and O–H groups in total. The van der Waals surface area contributed by atoms with Crippen molar-refractivity contribution in [1.82, 2.24) is 4.98 Å². The molecule has 94 valence electrons. The molecule has 0 unspecified atom stereocenters. The van der Waals surface area contributed by atoms with Gasteiger partial charge in [-0.3, -0.25) is 0 Å². The Hall–Kier alpha value is -2.94. The number of nitrogens with zero attached hydrogens (tertiary/aromatic N) is 2. The number of aromatic hydroxyl groups is 1. The van der Waals surface area contributed by atoms with Crippen LogP contribution in [0, 0.1) is 18.3 Å². The SMILES string of the molecule is Cc1cc2oc3nc(N)c(C#N)c(N)c3c2cc1O. The molecule has 0 aliphatic carbocycles. The number of benzene rings is 1. The highest BCUT2D eigenvalue weighted by atomic mass is 16.3. The lowest BCUT2D eigenvalue weighted by molar-refractivity contribution is 0.471. The third kappa shape index (κ3) is 1.39. The van der Waals surface area contributed by atoms with Gasteiger partial charge in [-0.1, -0.05) is 0 Å². The Morgan fingerprint density at radius 3 is 2.79 bits per heavy atom. The second-order valence-corrected chi connectivity index (χ2v) is 4.31. The Morgan fingerprint density at radius 1 is 1.37 bits per heavy atom. The summed E-state index contributed by atoms with van der Waals surface area (Å²) in [4.78, 5) is 4.03. The van der Waals surface area contributed by atoms with E-state index >= 15 is 0 Å². The molecule has 3 aromatic rings. The number of hydrogen-bond acceptors (Lipinski definition) is 6. The third-order valence-corrected chi connectivity index (χ3v) is 3.12. The van der Waals surface area contributed by atoms with Gasteiger partial charge in [0.25, 0.3) is 0 Å². The number of pyridine rings is 1. The van der Waals surface area contributed by atoms with Crippen LogP contribution in [0.3, 0.4) is 0 Å². The zero-order valence-electron chi connectivity index (χ0n) is 10.1. The molecule has 0 atom stereocenters. The molecule has 0 spiro atoms. The number of aryl methyl sites for hydroxylation is 1. The van der Waals surface area contributed by atoms with Crippen LogP contribution >= 0.6 is 0 Å². The minimum atomic E-state index is 0.0347. The molecule has 0 aliphatic heterocycles. The van der Waals surface area contributed by atoms with Crippen LogP contribution in [0.25, 0.3) is 22.1 Å². The van der Waals surface area contributed by atoms with Gasteiger partial charge < -0.3 is 21.0 Å². The second kappa shape index (κ2) is 3.53. The van der Waals surface area contributed by atoms with Gasteiger partial charge in [0, 0.05) is 5.39 Å². The van der Waals surface area contributed by atoms with Crippen LogP contribution in [-0.4, -0.2) is 10.1 Å². The number of hydrogen-bond donors (Lipinski definition) is 3. The molecule has 1 aromatic carbocycles. The number of phenolic OH excluding ortho intramolecular Hbond substituents is 1. The van der Waals surface area contributed by atoms with E-state index in [-0.39, 0.29) is 28.5 Å². The van der Waals surface area contributed by atoms with Gasteiger partial charge in [0.2, 0.25) is 5.71 Å². The van der Waals surface area contributed by atoms with Crippen LogP contribution in [0.2, 0.25) is 0 Å². The first-order chi connectivity index (χ1) is 9.02. The average Bonchev–Trinajstić information content (AvgIpc) is 2.67. The maximum Gasteiger partial charge on any atom is 0.231 e. The summed E-state index contributed by atoms with van der Waals surface area (Å²) in [5, 5.41) is 19.9. The summed E-state index contributed by atoms with van der Waals surface area (Å²) in [6.45, 7) is 1.76. The predicted octanol–water partition coefficient (Wildman–Crippen LogP) is 2.03. The largest absolute Gasteiger partial charge is 0.508 e. The normalized spacial score (nSPS) is 10.9. The van der Waals surface area contributed by atoms with E-state index in [1.807, 2.05) is 6.07 Å². The highest BCUT2D eigenvalue weighted by Crippen LogP contribution is 2.37. The molecular weight excluding hydrogens is 244 g/mol. The summed E-state index contributed by atoms with van der Waals surface area (Å²) in [6, 6.07) is 5.16. The van der Waals surface area contributed by atoms with Gasteiger partial charge in [0.05, 0.1) is 11.1 Å². The van der Waals surface area contributed by atoms with E-state index in [1.54, 1.807) is 19.1 Å². The maximum atomic E-state index is 9.77. The Labute approximate surface area is 107 Å². The number of anilines is 2. The Morgan fingerprint density at radius 2 is 2.11 bits per heavy atom. The summed E-state index contributed by atoms with van der Waals surface area (Å²) in [6.07, 6.45) is 0. The molecule has 0 saturated heterocycles. The van der Waals surface area contributed by atoms with Crippen LogP contribution in [0.5, 0.6) is 5.75 Å². The van der Waals surface area contributed by atoms with E-state index in [9.17, 15) is 5.11 Å². The van der Waals surface area contributed by atoms with Gasteiger partial charge in [-0.2, -0.15) is 10.2 Å². The minimum Gasteiger partial charge on any atom is -0.508 e. The van der Waals surface area contributed by atoms with Crippen LogP contribution < -0.4 is 11.5 Å². The number of furan rings is 1. The number of aromatic nitrogens is 1. The lowest BCUT2D eigenvalue weighted by Gasteiger charge is -2.02. The van der Waals surface area contributed by atoms with E-state index in [2.05, 4.69) is 4.98 Å². The van der Waals surface area contributed by atoms with Gasteiger partial charge >= 0.3 is 0 Å². The minimum absolute atomic E-state index is 0.0347. The van der Waals surface area contributed by atoms with Gasteiger partial charge in [-0.15, -0.1) is 0 Å². The van der Waals surface area contributed by atoms with E-state index < -0.39 is 0 Å². The molecular formula is C13H10N4O2. The van der Waals surface area contributed by atoms with Crippen LogP contribution in [0.1, 0.15) is 11.1 Å². The summed E-state index contributed by atoms with van der Waals surface area (Å²) in [5.41, 5.74) is 13.4. The van der Waals surface area contributed by atoms with Crippen molar-refractivity contribution in [2.75, 3.05) is 11.5 Å². The van der Waals surface area contributed by atoms with E-state index in [4.69, 9.17) is 21.1 Å². The monoisotopic (exact) mass is 254 g/mol. The summed E-state index contributed by atoms with van der Waals surface area (Å²) in [5.74, 6) is 0.164. The van der Waals surface area contributed by atoms with Crippen molar-refractivity contribution in [1.29, 1.82) is 5.26 Å². The number of phenols is 1. The van der Waals surface area contributed by atoms with Gasteiger partial charge in [-0.25, -0.2) is 0 Å². The van der Waals surface area contributed by atoms with E-state index in [0.29, 0.717) is 21.9 Å². The number of nitriles is 1. The summed E-state index contributed by atoms with van der Waals surface area (Å²) < 4.78 is 5.56. The van der Waals surface area contributed by atoms with Crippen LogP contribution in [0.15, 0.2) is 16.5 Å². The zero-order chi connectivity index (χ0) is 13.7. The quantitative estimate of drug-likeness (QED) is 0.564. The number of nitrogen functional groups attached to an aromatic ring is 2. The molecule has 0 amide bonds. The number of fused-ring (bicyclic) bond motifs is 3. The third-order valence-electron chi connectivity index (χ3n) is 3.12. The first kappa shape index (κ1) is 11.2. The molecule has 0 radical (unpaired) electrons. The van der Waals surface area contributed by atoms with Gasteiger partial charge in [0.15, 0.2) is 0 Å². The topological polar surface area (TPSA) is 122 Å². The van der Waals surface area contributed by atoms with Crippen molar-refractivity contribution >= 4 is 33.6 Å². The molecule has 2 aromatic heterocycles. The van der Waals surface area contributed by atoms with Gasteiger partial charge in [0.1, 0.15) is 28.8 Å². The number of rotatable bonds is 0.